The van der Waals surface area contributed by atoms with Gasteiger partial charge in [-0.1, -0.05) is 29.3 Å². The molecule has 2 heteroatoms. The van der Waals surface area contributed by atoms with Gasteiger partial charge in [0.1, 0.15) is 0 Å². The van der Waals surface area contributed by atoms with Crippen LogP contribution in [0.3, 0.4) is 0 Å². The summed E-state index contributed by atoms with van der Waals surface area (Å²) in [6.07, 6.45) is 3.48. The molecule has 0 unspecified atom stereocenters. The number of hydrogen-bond donors (Lipinski definition) is 0. The van der Waals surface area contributed by atoms with Crippen LogP contribution in [0, 0.1) is 0 Å². The molecule has 0 radical (unpaired) electrons. The van der Waals surface area contributed by atoms with Gasteiger partial charge in [0.05, 0.1) is 0 Å². The summed E-state index contributed by atoms with van der Waals surface area (Å²) in [5.74, 6) is 0. The van der Waals surface area contributed by atoms with E-state index in [0.717, 1.165) is 0 Å². The first kappa shape index (κ1) is 8.06. The molecule has 0 aromatic rings. The van der Waals surface area contributed by atoms with E-state index in [1.54, 1.807) is 19.1 Å². The van der Waals surface area contributed by atoms with E-state index >= 15 is 0 Å². The normalized spacial score (nSPS) is 14.5. The maximum atomic E-state index is 5.56. The fraction of sp³-hybridized carbons (Fsp3) is 0.333. The lowest BCUT2D eigenvalue weighted by Crippen LogP contribution is -1.61. The first-order valence-electron chi connectivity index (χ1n) is 2.32. The quantitative estimate of drug-likeness (QED) is 0.504. The minimum atomic E-state index is 0.678. The SMILES string of the molecule is C/C=C(Cl)\C=C(/C)Cl. The monoisotopic (exact) mass is 150 g/mol. The van der Waals surface area contributed by atoms with Gasteiger partial charge >= 0.3 is 0 Å². The molecule has 0 aromatic heterocycles. The lowest BCUT2D eigenvalue weighted by Gasteiger charge is -1.84. The highest BCUT2D eigenvalue weighted by atomic mass is 35.5. The first-order chi connectivity index (χ1) is 3.66. The molecule has 0 nitrogen and oxygen atoms in total. The molecule has 8 heavy (non-hydrogen) atoms. The second-order valence-electron chi connectivity index (χ2n) is 1.40. The van der Waals surface area contributed by atoms with Crippen LogP contribution in [0.4, 0.5) is 0 Å². The number of rotatable bonds is 1. The Labute approximate surface area is 59.8 Å². The molecule has 0 saturated carbocycles. The third-order valence-corrected chi connectivity index (χ3v) is 1.05. The molecule has 0 rings (SSSR count). The van der Waals surface area contributed by atoms with Gasteiger partial charge in [-0.2, -0.15) is 0 Å². The van der Waals surface area contributed by atoms with Crippen molar-refractivity contribution < 1.29 is 0 Å². The zero-order valence-electron chi connectivity index (χ0n) is 4.91. The Morgan fingerprint density at radius 3 is 2.00 bits per heavy atom. The summed E-state index contributed by atoms with van der Waals surface area (Å²) in [6.45, 7) is 3.64. The van der Waals surface area contributed by atoms with Gasteiger partial charge in [0.15, 0.2) is 0 Å². The zero-order valence-corrected chi connectivity index (χ0v) is 6.42. The molecule has 0 aliphatic carbocycles. The summed E-state index contributed by atoms with van der Waals surface area (Å²) in [7, 11) is 0. The molecule has 0 aliphatic heterocycles. The number of allylic oxidation sites excluding steroid dienone is 4. The van der Waals surface area contributed by atoms with Crippen LogP contribution in [0.1, 0.15) is 13.8 Å². The summed E-state index contributed by atoms with van der Waals surface area (Å²) < 4.78 is 0. The van der Waals surface area contributed by atoms with E-state index < -0.39 is 0 Å². The molecule has 0 aliphatic rings. The van der Waals surface area contributed by atoms with Crippen LogP contribution < -0.4 is 0 Å². The Morgan fingerprint density at radius 1 is 1.38 bits per heavy atom. The summed E-state index contributed by atoms with van der Waals surface area (Å²) >= 11 is 11.0. The molecule has 0 heterocycles. The van der Waals surface area contributed by atoms with Crippen molar-refractivity contribution in [1.29, 1.82) is 0 Å². The average molecular weight is 151 g/mol. The van der Waals surface area contributed by atoms with Crippen molar-refractivity contribution in [2.75, 3.05) is 0 Å². The summed E-state index contributed by atoms with van der Waals surface area (Å²) in [4.78, 5) is 0. The maximum Gasteiger partial charge on any atom is 0.0374 e. The fourth-order valence-electron chi connectivity index (χ4n) is 0.273. The molecule has 0 amide bonds. The Hall–Kier alpha value is 0.0600. The van der Waals surface area contributed by atoms with E-state index in [1.807, 2.05) is 6.92 Å². The molecule has 0 saturated heterocycles. The van der Waals surface area contributed by atoms with Gasteiger partial charge in [-0.3, -0.25) is 0 Å². The zero-order chi connectivity index (χ0) is 6.57. The highest BCUT2D eigenvalue weighted by Crippen LogP contribution is 2.08. The lowest BCUT2D eigenvalue weighted by atomic mass is 10.4. The lowest BCUT2D eigenvalue weighted by molar-refractivity contribution is 1.61. The standard InChI is InChI=1S/C6H8Cl2/c1-3-6(8)4-5(2)7/h3-4H,1-2H3/b5-4+,6-3+. The van der Waals surface area contributed by atoms with Crippen LogP contribution in [0.5, 0.6) is 0 Å². The van der Waals surface area contributed by atoms with Crippen molar-refractivity contribution in [3.05, 3.63) is 22.2 Å². The highest BCUT2D eigenvalue weighted by molar-refractivity contribution is 6.34. The van der Waals surface area contributed by atoms with Gasteiger partial charge in [0.2, 0.25) is 0 Å². The fourth-order valence-corrected chi connectivity index (χ4v) is 0.610. The third kappa shape index (κ3) is 4.23. The Bertz CT molecular complexity index is 118. The van der Waals surface area contributed by atoms with E-state index in [-0.39, 0.29) is 0 Å². The van der Waals surface area contributed by atoms with Crippen molar-refractivity contribution in [3.63, 3.8) is 0 Å². The minimum Gasteiger partial charge on any atom is -0.0894 e. The Kier molecular flexibility index (Phi) is 4.02. The molecule has 0 aromatic carbocycles. The van der Waals surface area contributed by atoms with Crippen LogP contribution in [-0.2, 0) is 0 Å². The third-order valence-electron chi connectivity index (χ3n) is 0.613. The number of halogens is 2. The number of hydrogen-bond acceptors (Lipinski definition) is 0. The second kappa shape index (κ2) is 3.99. The maximum absolute atomic E-state index is 5.56. The second-order valence-corrected chi connectivity index (χ2v) is 2.44. The van der Waals surface area contributed by atoms with Crippen LogP contribution >= 0.6 is 23.2 Å². The highest BCUT2D eigenvalue weighted by Gasteiger charge is 1.81. The topological polar surface area (TPSA) is 0 Å². The Morgan fingerprint density at radius 2 is 1.88 bits per heavy atom. The molecule has 0 N–H and O–H groups in total. The van der Waals surface area contributed by atoms with Crippen molar-refractivity contribution in [2.45, 2.75) is 13.8 Å². The van der Waals surface area contributed by atoms with Gasteiger partial charge in [-0.05, 0) is 19.9 Å². The largest absolute Gasteiger partial charge is 0.0894 e. The van der Waals surface area contributed by atoms with Crippen molar-refractivity contribution in [1.82, 2.24) is 0 Å². The first-order valence-corrected chi connectivity index (χ1v) is 3.08. The van der Waals surface area contributed by atoms with E-state index in [4.69, 9.17) is 23.2 Å². The Balaban J connectivity index is 3.89. The molecule has 0 fully saturated rings. The van der Waals surface area contributed by atoms with Crippen LogP contribution in [-0.4, -0.2) is 0 Å². The smallest absolute Gasteiger partial charge is 0.0374 e. The van der Waals surface area contributed by atoms with E-state index in [2.05, 4.69) is 0 Å². The van der Waals surface area contributed by atoms with Crippen molar-refractivity contribution >= 4 is 23.2 Å². The molecular formula is C6H8Cl2. The molecule has 0 bridgehead atoms. The van der Waals surface area contributed by atoms with E-state index in [1.165, 1.54) is 0 Å². The van der Waals surface area contributed by atoms with Gasteiger partial charge in [0, 0.05) is 10.1 Å². The summed E-state index contributed by atoms with van der Waals surface area (Å²) in [5, 5.41) is 1.38. The molecule has 0 spiro atoms. The van der Waals surface area contributed by atoms with E-state index in [0.29, 0.717) is 10.1 Å². The molecule has 0 atom stereocenters. The molecular weight excluding hydrogens is 143 g/mol. The predicted molar refractivity (Wildman–Crippen MR) is 39.2 cm³/mol. The van der Waals surface area contributed by atoms with Crippen molar-refractivity contribution in [3.8, 4) is 0 Å². The van der Waals surface area contributed by atoms with Gasteiger partial charge in [0.25, 0.3) is 0 Å². The van der Waals surface area contributed by atoms with Crippen LogP contribution in [0.25, 0.3) is 0 Å². The van der Waals surface area contributed by atoms with Gasteiger partial charge in [-0.25, -0.2) is 0 Å². The minimum absolute atomic E-state index is 0.678. The summed E-state index contributed by atoms with van der Waals surface area (Å²) in [6, 6.07) is 0. The van der Waals surface area contributed by atoms with Crippen LogP contribution in [0.2, 0.25) is 0 Å². The predicted octanol–water partition coefficient (Wildman–Crippen LogP) is 3.27. The molecule has 46 valence electrons. The van der Waals surface area contributed by atoms with E-state index in [9.17, 15) is 0 Å². The van der Waals surface area contributed by atoms with Gasteiger partial charge < -0.3 is 0 Å². The average Bonchev–Trinajstić information content (AvgIpc) is 1.65. The van der Waals surface area contributed by atoms with Crippen LogP contribution in [0.15, 0.2) is 22.2 Å². The van der Waals surface area contributed by atoms with Gasteiger partial charge in [-0.15, -0.1) is 0 Å². The van der Waals surface area contributed by atoms with Crippen molar-refractivity contribution in [2.24, 2.45) is 0 Å². The summed E-state index contributed by atoms with van der Waals surface area (Å²) in [5.41, 5.74) is 0.